The molecular formula is C17H37N3. The summed E-state index contributed by atoms with van der Waals surface area (Å²) >= 11 is 0. The second kappa shape index (κ2) is 7.24. The van der Waals surface area contributed by atoms with Crippen LogP contribution in [0.25, 0.3) is 0 Å². The number of rotatable bonds is 6. The molecule has 3 nitrogen and oxygen atoms in total. The van der Waals surface area contributed by atoms with Gasteiger partial charge in [0.1, 0.15) is 0 Å². The first kappa shape index (κ1) is 17.9. The van der Waals surface area contributed by atoms with Gasteiger partial charge in [-0.15, -0.1) is 0 Å². The standard InChI is InChI=1S/C17H37N3/c1-13(2)8-17(12-18,9-14(3)4)20-10-15(5)19(7)16(6)11-20/h13-16H,8-12,18H2,1-7H3. The molecule has 2 N–H and O–H groups in total. The highest BCUT2D eigenvalue weighted by atomic mass is 15.3. The number of hydrogen-bond donors (Lipinski definition) is 1. The van der Waals surface area contributed by atoms with E-state index in [9.17, 15) is 0 Å². The van der Waals surface area contributed by atoms with E-state index in [1.165, 1.54) is 12.8 Å². The van der Waals surface area contributed by atoms with Gasteiger partial charge in [0, 0.05) is 37.3 Å². The van der Waals surface area contributed by atoms with Crippen LogP contribution in [0.4, 0.5) is 0 Å². The summed E-state index contributed by atoms with van der Waals surface area (Å²) in [6.07, 6.45) is 2.43. The first-order valence-corrected chi connectivity index (χ1v) is 8.39. The third kappa shape index (κ3) is 4.19. The second-order valence-corrected chi connectivity index (χ2v) is 7.89. The van der Waals surface area contributed by atoms with Crippen molar-refractivity contribution >= 4 is 0 Å². The quantitative estimate of drug-likeness (QED) is 0.813. The van der Waals surface area contributed by atoms with Crippen molar-refractivity contribution in [2.75, 3.05) is 26.7 Å². The van der Waals surface area contributed by atoms with Gasteiger partial charge in [-0.3, -0.25) is 9.80 Å². The largest absolute Gasteiger partial charge is 0.329 e. The fourth-order valence-electron chi connectivity index (χ4n) is 3.95. The Kier molecular flexibility index (Phi) is 6.49. The monoisotopic (exact) mass is 283 g/mol. The average molecular weight is 284 g/mol. The van der Waals surface area contributed by atoms with Gasteiger partial charge in [0.05, 0.1) is 0 Å². The molecule has 2 unspecified atom stereocenters. The molecule has 1 aliphatic rings. The fourth-order valence-corrected chi connectivity index (χ4v) is 3.95. The molecule has 0 aromatic carbocycles. The molecule has 20 heavy (non-hydrogen) atoms. The minimum Gasteiger partial charge on any atom is -0.329 e. The molecular weight excluding hydrogens is 246 g/mol. The SMILES string of the molecule is CC(C)CC(CN)(CC(C)C)N1CC(C)N(C)C(C)C1. The van der Waals surface area contributed by atoms with E-state index in [-0.39, 0.29) is 5.54 Å². The van der Waals surface area contributed by atoms with Crippen LogP contribution in [-0.4, -0.2) is 54.1 Å². The Morgan fingerprint density at radius 3 is 1.70 bits per heavy atom. The maximum Gasteiger partial charge on any atom is 0.0337 e. The van der Waals surface area contributed by atoms with Crippen molar-refractivity contribution < 1.29 is 0 Å². The van der Waals surface area contributed by atoms with E-state index >= 15 is 0 Å². The lowest BCUT2D eigenvalue weighted by Crippen LogP contribution is -2.65. The van der Waals surface area contributed by atoms with Crippen LogP contribution < -0.4 is 5.73 Å². The summed E-state index contributed by atoms with van der Waals surface area (Å²) in [5.74, 6) is 1.39. The van der Waals surface area contributed by atoms with E-state index in [2.05, 4.69) is 58.4 Å². The van der Waals surface area contributed by atoms with Crippen LogP contribution in [0.1, 0.15) is 54.4 Å². The maximum absolute atomic E-state index is 6.31. The Bertz CT molecular complexity index is 266. The summed E-state index contributed by atoms with van der Waals surface area (Å²) in [7, 11) is 2.25. The summed E-state index contributed by atoms with van der Waals surface area (Å²) in [4.78, 5) is 5.21. The first-order valence-electron chi connectivity index (χ1n) is 8.39. The van der Waals surface area contributed by atoms with Gasteiger partial charge in [-0.05, 0) is 45.6 Å². The number of piperazine rings is 1. The molecule has 3 heteroatoms. The zero-order valence-corrected chi connectivity index (χ0v) is 14.8. The maximum atomic E-state index is 6.31. The van der Waals surface area contributed by atoms with Crippen LogP contribution in [0.5, 0.6) is 0 Å². The number of nitrogens with two attached hydrogens (primary N) is 1. The van der Waals surface area contributed by atoms with E-state index < -0.39 is 0 Å². The lowest BCUT2D eigenvalue weighted by molar-refractivity contribution is -0.0277. The Morgan fingerprint density at radius 2 is 1.40 bits per heavy atom. The summed E-state index contributed by atoms with van der Waals surface area (Å²) < 4.78 is 0. The van der Waals surface area contributed by atoms with Crippen LogP contribution in [-0.2, 0) is 0 Å². The topological polar surface area (TPSA) is 32.5 Å². The second-order valence-electron chi connectivity index (χ2n) is 7.89. The van der Waals surface area contributed by atoms with Crippen LogP contribution in [0, 0.1) is 11.8 Å². The summed E-state index contributed by atoms with van der Waals surface area (Å²) in [5, 5.41) is 0. The van der Waals surface area contributed by atoms with E-state index in [0.29, 0.717) is 23.9 Å². The zero-order chi connectivity index (χ0) is 15.5. The zero-order valence-electron chi connectivity index (χ0n) is 14.8. The van der Waals surface area contributed by atoms with E-state index in [0.717, 1.165) is 19.6 Å². The van der Waals surface area contributed by atoms with Gasteiger partial charge in [-0.1, -0.05) is 27.7 Å². The lowest BCUT2D eigenvalue weighted by atomic mass is 9.79. The van der Waals surface area contributed by atoms with E-state index in [1.54, 1.807) is 0 Å². The van der Waals surface area contributed by atoms with Gasteiger partial charge >= 0.3 is 0 Å². The van der Waals surface area contributed by atoms with Crippen LogP contribution in [0.15, 0.2) is 0 Å². The third-order valence-electron chi connectivity index (χ3n) is 4.99. The summed E-state index contributed by atoms with van der Waals surface area (Å²) in [5.41, 5.74) is 6.49. The highest BCUT2D eigenvalue weighted by Crippen LogP contribution is 2.33. The van der Waals surface area contributed by atoms with Gasteiger partial charge in [-0.2, -0.15) is 0 Å². The highest BCUT2D eigenvalue weighted by molar-refractivity contribution is 4.98. The van der Waals surface area contributed by atoms with Crippen molar-refractivity contribution in [3.63, 3.8) is 0 Å². The molecule has 1 saturated heterocycles. The molecule has 120 valence electrons. The molecule has 0 aromatic rings. The average Bonchev–Trinajstić information content (AvgIpc) is 2.33. The van der Waals surface area contributed by atoms with Crippen LogP contribution in [0.3, 0.4) is 0 Å². The van der Waals surface area contributed by atoms with Crippen molar-refractivity contribution in [3.8, 4) is 0 Å². The highest BCUT2D eigenvalue weighted by Gasteiger charge is 2.41. The van der Waals surface area contributed by atoms with Crippen molar-refractivity contribution in [1.82, 2.24) is 9.80 Å². The smallest absolute Gasteiger partial charge is 0.0337 e. The van der Waals surface area contributed by atoms with Gasteiger partial charge in [0.2, 0.25) is 0 Å². The summed E-state index contributed by atoms with van der Waals surface area (Å²) in [6, 6.07) is 1.23. The number of nitrogens with zero attached hydrogens (tertiary/aromatic N) is 2. The molecule has 0 aromatic heterocycles. The molecule has 1 aliphatic heterocycles. The fraction of sp³-hybridized carbons (Fsp3) is 1.00. The van der Waals surface area contributed by atoms with E-state index in [4.69, 9.17) is 5.73 Å². The molecule has 0 radical (unpaired) electrons. The molecule has 0 amide bonds. The Labute approximate surface area is 126 Å². The minimum atomic E-state index is 0.187. The van der Waals surface area contributed by atoms with Gasteiger partial charge in [0.15, 0.2) is 0 Å². The Morgan fingerprint density at radius 1 is 1.00 bits per heavy atom. The summed E-state index contributed by atoms with van der Waals surface area (Å²) in [6.45, 7) is 17.1. The van der Waals surface area contributed by atoms with Crippen molar-refractivity contribution in [2.45, 2.75) is 72.0 Å². The van der Waals surface area contributed by atoms with Crippen LogP contribution >= 0.6 is 0 Å². The normalized spacial score (nSPS) is 26.7. The Balaban J connectivity index is 2.96. The predicted octanol–water partition coefficient (Wildman–Crippen LogP) is 2.80. The van der Waals surface area contributed by atoms with Crippen molar-refractivity contribution in [2.24, 2.45) is 17.6 Å². The van der Waals surface area contributed by atoms with Gasteiger partial charge in [-0.25, -0.2) is 0 Å². The molecule has 2 atom stereocenters. The van der Waals surface area contributed by atoms with Crippen molar-refractivity contribution in [1.29, 1.82) is 0 Å². The van der Waals surface area contributed by atoms with Crippen molar-refractivity contribution in [3.05, 3.63) is 0 Å². The minimum absolute atomic E-state index is 0.187. The molecule has 1 heterocycles. The molecule has 0 bridgehead atoms. The molecule has 0 saturated carbocycles. The third-order valence-corrected chi connectivity index (χ3v) is 4.99. The predicted molar refractivity (Wildman–Crippen MR) is 89.0 cm³/mol. The Hall–Kier alpha value is -0.120. The number of hydrogen-bond acceptors (Lipinski definition) is 3. The molecule has 0 aliphatic carbocycles. The van der Waals surface area contributed by atoms with Gasteiger partial charge < -0.3 is 5.73 Å². The van der Waals surface area contributed by atoms with Crippen LogP contribution in [0.2, 0.25) is 0 Å². The molecule has 0 spiro atoms. The molecule has 1 rings (SSSR count). The first-order chi connectivity index (χ1) is 9.21. The lowest BCUT2D eigenvalue weighted by Gasteiger charge is -2.53. The molecule has 1 fully saturated rings. The number of likely N-dealkylation sites (N-methyl/N-ethyl adjacent to an activating group) is 1. The van der Waals surface area contributed by atoms with Gasteiger partial charge in [0.25, 0.3) is 0 Å². The van der Waals surface area contributed by atoms with E-state index in [1.807, 2.05) is 0 Å².